The van der Waals surface area contributed by atoms with Crippen molar-refractivity contribution in [1.82, 2.24) is 24.4 Å². The number of aromatic nitrogens is 4. The highest BCUT2D eigenvalue weighted by atomic mass is 15.1. The Bertz CT molecular complexity index is 769. The molecule has 0 aromatic carbocycles. The molecule has 0 radical (unpaired) electrons. The van der Waals surface area contributed by atoms with Crippen molar-refractivity contribution in [1.29, 1.82) is 0 Å². The van der Waals surface area contributed by atoms with E-state index >= 15 is 0 Å². The van der Waals surface area contributed by atoms with Gasteiger partial charge in [0, 0.05) is 49.5 Å². The van der Waals surface area contributed by atoms with Gasteiger partial charge < -0.3 is 0 Å². The first kappa shape index (κ1) is 15.0. The van der Waals surface area contributed by atoms with Crippen LogP contribution in [-0.2, 0) is 6.54 Å². The Labute approximate surface area is 142 Å². The van der Waals surface area contributed by atoms with Crippen LogP contribution in [-0.4, -0.2) is 37.5 Å². The van der Waals surface area contributed by atoms with E-state index in [1.807, 2.05) is 35.3 Å². The van der Waals surface area contributed by atoms with Crippen molar-refractivity contribution in [3.8, 4) is 5.82 Å². The monoisotopic (exact) mass is 319 g/mol. The SMILES string of the molecule is c1cncc(CN2CCC[C@@H](c3cccc(-n4ccnc4)n3)C2)c1. The van der Waals surface area contributed by atoms with Gasteiger partial charge in [0.15, 0.2) is 0 Å². The van der Waals surface area contributed by atoms with Gasteiger partial charge in [-0.2, -0.15) is 0 Å². The molecule has 1 aliphatic heterocycles. The Kier molecular flexibility index (Phi) is 4.34. The van der Waals surface area contributed by atoms with Crippen molar-refractivity contribution in [3.63, 3.8) is 0 Å². The number of hydrogen-bond donors (Lipinski definition) is 0. The third kappa shape index (κ3) is 3.36. The second-order valence-corrected chi connectivity index (χ2v) is 6.33. The maximum absolute atomic E-state index is 4.86. The predicted molar refractivity (Wildman–Crippen MR) is 92.8 cm³/mol. The largest absolute Gasteiger partial charge is 0.298 e. The van der Waals surface area contributed by atoms with E-state index < -0.39 is 0 Å². The van der Waals surface area contributed by atoms with Gasteiger partial charge in [-0.05, 0) is 43.1 Å². The van der Waals surface area contributed by atoms with E-state index in [1.54, 1.807) is 12.5 Å². The van der Waals surface area contributed by atoms with Gasteiger partial charge >= 0.3 is 0 Å². The number of rotatable bonds is 4. The Balaban J connectivity index is 1.49. The molecule has 0 saturated carbocycles. The lowest BCUT2D eigenvalue weighted by atomic mass is 9.94. The predicted octanol–water partition coefficient (Wildman–Crippen LogP) is 3.04. The minimum Gasteiger partial charge on any atom is -0.298 e. The number of pyridine rings is 2. The molecule has 4 heterocycles. The molecular weight excluding hydrogens is 298 g/mol. The lowest BCUT2D eigenvalue weighted by molar-refractivity contribution is 0.198. The lowest BCUT2D eigenvalue weighted by Crippen LogP contribution is -2.34. The Morgan fingerprint density at radius 3 is 2.92 bits per heavy atom. The third-order valence-corrected chi connectivity index (χ3v) is 4.58. The average Bonchev–Trinajstić information content (AvgIpc) is 3.18. The third-order valence-electron chi connectivity index (χ3n) is 4.58. The van der Waals surface area contributed by atoms with E-state index in [2.05, 4.69) is 33.1 Å². The average molecular weight is 319 g/mol. The van der Waals surface area contributed by atoms with Crippen LogP contribution in [0.1, 0.15) is 30.0 Å². The molecule has 0 amide bonds. The molecule has 0 unspecified atom stereocenters. The fraction of sp³-hybridized carbons (Fsp3) is 0.316. The van der Waals surface area contributed by atoms with E-state index in [4.69, 9.17) is 4.98 Å². The van der Waals surface area contributed by atoms with Crippen LogP contribution < -0.4 is 0 Å². The Hall–Kier alpha value is -2.53. The van der Waals surface area contributed by atoms with E-state index in [1.165, 1.54) is 24.1 Å². The summed E-state index contributed by atoms with van der Waals surface area (Å²) in [5, 5.41) is 0. The maximum Gasteiger partial charge on any atom is 0.138 e. The first-order chi connectivity index (χ1) is 11.9. The van der Waals surface area contributed by atoms with Crippen LogP contribution in [0.3, 0.4) is 0 Å². The van der Waals surface area contributed by atoms with Gasteiger partial charge in [0.1, 0.15) is 12.1 Å². The highest BCUT2D eigenvalue weighted by Crippen LogP contribution is 2.27. The summed E-state index contributed by atoms with van der Waals surface area (Å²) < 4.78 is 1.96. The van der Waals surface area contributed by atoms with Gasteiger partial charge in [-0.15, -0.1) is 0 Å². The smallest absolute Gasteiger partial charge is 0.138 e. The summed E-state index contributed by atoms with van der Waals surface area (Å²) in [6.07, 6.45) is 11.7. The van der Waals surface area contributed by atoms with Gasteiger partial charge in [0.05, 0.1) is 0 Å². The van der Waals surface area contributed by atoms with Crippen LogP contribution in [0.4, 0.5) is 0 Å². The first-order valence-electron chi connectivity index (χ1n) is 8.45. The van der Waals surface area contributed by atoms with Gasteiger partial charge in [-0.25, -0.2) is 9.97 Å². The number of nitrogens with zero attached hydrogens (tertiary/aromatic N) is 5. The molecule has 3 aromatic heterocycles. The topological polar surface area (TPSA) is 46.8 Å². The highest BCUT2D eigenvalue weighted by Gasteiger charge is 2.22. The van der Waals surface area contributed by atoms with Crippen LogP contribution in [0.5, 0.6) is 0 Å². The fourth-order valence-corrected chi connectivity index (χ4v) is 3.40. The zero-order valence-corrected chi connectivity index (χ0v) is 13.6. The summed E-state index contributed by atoms with van der Waals surface area (Å²) in [6, 6.07) is 10.4. The molecule has 1 fully saturated rings. The maximum atomic E-state index is 4.86. The minimum absolute atomic E-state index is 0.485. The molecular formula is C19H21N5. The molecule has 0 aliphatic carbocycles. The summed E-state index contributed by atoms with van der Waals surface area (Å²) in [4.78, 5) is 15.7. The number of imidazole rings is 1. The van der Waals surface area contributed by atoms with Gasteiger partial charge in [-0.1, -0.05) is 12.1 Å². The standard InChI is InChI=1S/C19H21N5/c1-6-18(22-19(7-1)24-11-9-21-15-24)17-5-3-10-23(14-17)13-16-4-2-8-20-12-16/h1-2,4,6-9,11-12,15,17H,3,5,10,13-14H2/t17-/m1/s1. The van der Waals surface area contributed by atoms with Crippen LogP contribution >= 0.6 is 0 Å². The summed E-state index contributed by atoms with van der Waals surface area (Å²) in [5.74, 6) is 1.42. The number of likely N-dealkylation sites (tertiary alicyclic amines) is 1. The van der Waals surface area contributed by atoms with Crippen molar-refractivity contribution in [2.75, 3.05) is 13.1 Å². The molecule has 3 aromatic rings. The van der Waals surface area contributed by atoms with Crippen molar-refractivity contribution >= 4 is 0 Å². The Morgan fingerprint density at radius 2 is 2.08 bits per heavy atom. The van der Waals surface area contributed by atoms with Gasteiger partial charge in [0.2, 0.25) is 0 Å². The normalized spacial score (nSPS) is 18.6. The van der Waals surface area contributed by atoms with Gasteiger partial charge in [0.25, 0.3) is 0 Å². The second kappa shape index (κ2) is 6.93. The summed E-state index contributed by atoms with van der Waals surface area (Å²) in [5.41, 5.74) is 2.45. The van der Waals surface area contributed by atoms with E-state index in [-0.39, 0.29) is 0 Å². The number of piperidine rings is 1. The van der Waals surface area contributed by atoms with E-state index in [0.29, 0.717) is 5.92 Å². The molecule has 0 bridgehead atoms. The first-order valence-corrected chi connectivity index (χ1v) is 8.45. The van der Waals surface area contributed by atoms with Crippen molar-refractivity contribution in [2.24, 2.45) is 0 Å². The molecule has 0 spiro atoms. The van der Waals surface area contributed by atoms with Crippen LogP contribution in [0.15, 0.2) is 61.4 Å². The van der Waals surface area contributed by atoms with E-state index in [9.17, 15) is 0 Å². The molecule has 122 valence electrons. The zero-order valence-electron chi connectivity index (χ0n) is 13.6. The summed E-state index contributed by atoms with van der Waals surface area (Å²) in [6.45, 7) is 3.16. The van der Waals surface area contributed by atoms with Gasteiger partial charge in [-0.3, -0.25) is 14.5 Å². The molecule has 1 atom stereocenters. The summed E-state index contributed by atoms with van der Waals surface area (Å²) >= 11 is 0. The lowest BCUT2D eigenvalue weighted by Gasteiger charge is -2.32. The summed E-state index contributed by atoms with van der Waals surface area (Å²) in [7, 11) is 0. The molecule has 1 saturated heterocycles. The fourth-order valence-electron chi connectivity index (χ4n) is 3.40. The Morgan fingerprint density at radius 1 is 1.08 bits per heavy atom. The molecule has 0 N–H and O–H groups in total. The second-order valence-electron chi connectivity index (χ2n) is 6.33. The zero-order chi connectivity index (χ0) is 16.2. The van der Waals surface area contributed by atoms with Crippen LogP contribution in [0.2, 0.25) is 0 Å². The molecule has 1 aliphatic rings. The van der Waals surface area contributed by atoms with Crippen LogP contribution in [0.25, 0.3) is 5.82 Å². The van der Waals surface area contributed by atoms with Crippen LogP contribution in [0, 0.1) is 0 Å². The van der Waals surface area contributed by atoms with Crippen molar-refractivity contribution in [3.05, 3.63) is 72.7 Å². The molecule has 5 nitrogen and oxygen atoms in total. The quantitative estimate of drug-likeness (QED) is 0.741. The number of hydrogen-bond acceptors (Lipinski definition) is 4. The molecule has 24 heavy (non-hydrogen) atoms. The highest BCUT2D eigenvalue weighted by molar-refractivity contribution is 5.26. The minimum atomic E-state index is 0.485. The van der Waals surface area contributed by atoms with Crippen molar-refractivity contribution < 1.29 is 0 Å². The van der Waals surface area contributed by atoms with E-state index in [0.717, 1.165) is 25.5 Å². The molecule has 5 heteroatoms. The molecule has 4 rings (SSSR count). The van der Waals surface area contributed by atoms with Crippen molar-refractivity contribution in [2.45, 2.75) is 25.3 Å².